The largest absolute Gasteiger partial charge is 0.349 e. The fourth-order valence-corrected chi connectivity index (χ4v) is 3.32. The van der Waals surface area contributed by atoms with Crippen LogP contribution in [0.15, 0.2) is 29.8 Å². The lowest BCUT2D eigenvalue weighted by molar-refractivity contribution is -0.112. The van der Waals surface area contributed by atoms with Gasteiger partial charge in [-0.3, -0.25) is 4.79 Å². The van der Waals surface area contributed by atoms with Gasteiger partial charge in [0, 0.05) is 23.6 Å². The molecule has 0 fully saturated rings. The van der Waals surface area contributed by atoms with Gasteiger partial charge >= 0.3 is 0 Å². The number of hydrogen-bond acceptors (Lipinski definition) is 2. The molecule has 2 rings (SSSR count). The number of aromatic nitrogens is 1. The van der Waals surface area contributed by atoms with Crippen molar-refractivity contribution in [1.29, 1.82) is 5.26 Å². The van der Waals surface area contributed by atoms with Gasteiger partial charge in [0.1, 0.15) is 11.6 Å². The van der Waals surface area contributed by atoms with Crippen LogP contribution in [0.25, 0.3) is 6.08 Å². The summed E-state index contributed by atoms with van der Waals surface area (Å²) in [5.41, 5.74) is 6.16. The van der Waals surface area contributed by atoms with Gasteiger partial charge < -0.3 is 9.88 Å². The van der Waals surface area contributed by atoms with Crippen LogP contribution in [0.2, 0.25) is 0 Å². The van der Waals surface area contributed by atoms with Gasteiger partial charge in [0.2, 0.25) is 0 Å². The molecule has 0 aliphatic rings. The van der Waals surface area contributed by atoms with Crippen molar-refractivity contribution in [3.05, 3.63) is 57.9 Å². The Balaban J connectivity index is 2.32. The van der Waals surface area contributed by atoms with Crippen molar-refractivity contribution >= 4 is 17.7 Å². The van der Waals surface area contributed by atoms with Crippen molar-refractivity contribution in [3.63, 3.8) is 0 Å². The topological polar surface area (TPSA) is 57.8 Å². The third-order valence-corrected chi connectivity index (χ3v) is 4.99. The second kappa shape index (κ2) is 9.23. The highest BCUT2D eigenvalue weighted by molar-refractivity contribution is 6.10. The number of rotatable bonds is 7. The van der Waals surface area contributed by atoms with Crippen molar-refractivity contribution in [2.75, 3.05) is 5.32 Å². The maximum absolute atomic E-state index is 12.7. The zero-order chi connectivity index (χ0) is 20.0. The molecule has 27 heavy (non-hydrogen) atoms. The minimum Gasteiger partial charge on any atom is -0.349 e. The standard InChI is InChI=1S/C23H29N3O/c1-6-8-12-26-17(4)13-20(18(26)5)14-21(15-24)23(27)25-22-16(3)10-9-11-19(22)7-2/h9-11,13-14H,6-8,12H2,1-5H3,(H,25,27)/b21-14+. The van der Waals surface area contributed by atoms with Crippen molar-refractivity contribution in [2.45, 2.75) is 60.4 Å². The molecule has 0 unspecified atom stereocenters. The smallest absolute Gasteiger partial charge is 0.266 e. The van der Waals surface area contributed by atoms with Crippen LogP contribution in [0, 0.1) is 32.1 Å². The molecule has 0 saturated carbocycles. The molecule has 0 saturated heterocycles. The number of aryl methyl sites for hydroxylation is 3. The summed E-state index contributed by atoms with van der Waals surface area (Å²) < 4.78 is 2.25. The molecule has 142 valence electrons. The molecule has 0 atom stereocenters. The van der Waals surface area contributed by atoms with E-state index >= 15 is 0 Å². The number of unbranched alkanes of at least 4 members (excludes halogenated alkanes) is 1. The van der Waals surface area contributed by atoms with E-state index in [2.05, 4.69) is 36.7 Å². The van der Waals surface area contributed by atoms with Crippen LogP contribution in [-0.4, -0.2) is 10.5 Å². The number of para-hydroxylation sites is 1. The van der Waals surface area contributed by atoms with Gasteiger partial charge in [0.15, 0.2) is 0 Å². The highest BCUT2D eigenvalue weighted by Gasteiger charge is 2.15. The van der Waals surface area contributed by atoms with Crippen LogP contribution < -0.4 is 5.32 Å². The number of benzene rings is 1. The van der Waals surface area contributed by atoms with E-state index in [0.29, 0.717) is 0 Å². The molecule has 4 heteroatoms. The van der Waals surface area contributed by atoms with E-state index < -0.39 is 0 Å². The second-order valence-corrected chi connectivity index (χ2v) is 6.92. The monoisotopic (exact) mass is 363 g/mol. The number of nitriles is 1. The normalized spacial score (nSPS) is 11.3. The van der Waals surface area contributed by atoms with E-state index in [4.69, 9.17) is 0 Å². The van der Waals surface area contributed by atoms with Gasteiger partial charge in [-0.05, 0) is 62.4 Å². The minimum atomic E-state index is -0.361. The highest BCUT2D eigenvalue weighted by atomic mass is 16.1. The predicted molar refractivity (Wildman–Crippen MR) is 112 cm³/mol. The Hall–Kier alpha value is -2.80. The average Bonchev–Trinajstić information content (AvgIpc) is 2.92. The molecule has 2 aromatic rings. The summed E-state index contributed by atoms with van der Waals surface area (Å²) in [4.78, 5) is 12.7. The van der Waals surface area contributed by atoms with E-state index in [9.17, 15) is 10.1 Å². The molecule has 0 bridgehead atoms. The van der Waals surface area contributed by atoms with Crippen LogP contribution in [0.4, 0.5) is 5.69 Å². The third-order valence-electron chi connectivity index (χ3n) is 4.99. The molecule has 1 amide bonds. The Morgan fingerprint density at radius 3 is 2.63 bits per heavy atom. The van der Waals surface area contributed by atoms with Crippen LogP contribution >= 0.6 is 0 Å². The molecular formula is C23H29N3O. The van der Waals surface area contributed by atoms with Crippen molar-refractivity contribution < 1.29 is 4.79 Å². The summed E-state index contributed by atoms with van der Waals surface area (Å²) in [6.45, 7) is 11.2. The maximum Gasteiger partial charge on any atom is 0.266 e. The van der Waals surface area contributed by atoms with E-state index in [1.807, 2.05) is 38.1 Å². The molecule has 0 aliphatic carbocycles. The van der Waals surface area contributed by atoms with Crippen LogP contribution in [0.5, 0.6) is 0 Å². The fourth-order valence-electron chi connectivity index (χ4n) is 3.32. The first-order valence-corrected chi connectivity index (χ1v) is 9.61. The number of anilines is 1. The first-order chi connectivity index (χ1) is 12.9. The molecule has 1 N–H and O–H groups in total. The van der Waals surface area contributed by atoms with Crippen molar-refractivity contribution in [1.82, 2.24) is 4.57 Å². The molecular weight excluding hydrogens is 334 g/mol. The summed E-state index contributed by atoms with van der Waals surface area (Å²) in [5.74, 6) is -0.361. The molecule has 1 heterocycles. The lowest BCUT2D eigenvalue weighted by atomic mass is 10.0. The van der Waals surface area contributed by atoms with Crippen LogP contribution in [0.1, 0.15) is 54.8 Å². The fraction of sp³-hybridized carbons (Fsp3) is 0.391. The SMILES string of the molecule is CCCCn1c(C)cc(/C=C(\C#N)C(=O)Nc2c(C)cccc2CC)c1C. The third kappa shape index (κ3) is 4.68. The molecule has 1 aromatic heterocycles. The lowest BCUT2D eigenvalue weighted by Crippen LogP contribution is -2.15. The summed E-state index contributed by atoms with van der Waals surface area (Å²) in [6, 6.07) is 10.1. The van der Waals surface area contributed by atoms with E-state index in [-0.39, 0.29) is 11.5 Å². The zero-order valence-corrected chi connectivity index (χ0v) is 17.0. The number of amides is 1. The molecule has 0 radical (unpaired) electrons. The number of carbonyl (C=O) groups is 1. The first kappa shape index (κ1) is 20.5. The first-order valence-electron chi connectivity index (χ1n) is 9.61. The Bertz CT molecular complexity index is 897. The zero-order valence-electron chi connectivity index (χ0n) is 17.0. The van der Waals surface area contributed by atoms with Gasteiger partial charge in [-0.15, -0.1) is 0 Å². The number of nitrogens with one attached hydrogen (secondary N) is 1. The summed E-state index contributed by atoms with van der Waals surface area (Å²) in [5, 5.41) is 12.5. The summed E-state index contributed by atoms with van der Waals surface area (Å²) >= 11 is 0. The molecule has 4 nitrogen and oxygen atoms in total. The van der Waals surface area contributed by atoms with Gasteiger partial charge in [-0.1, -0.05) is 38.5 Å². The Morgan fingerprint density at radius 1 is 1.26 bits per heavy atom. The highest BCUT2D eigenvalue weighted by Crippen LogP contribution is 2.23. The second-order valence-electron chi connectivity index (χ2n) is 6.92. The Kier molecular flexibility index (Phi) is 7.01. The summed E-state index contributed by atoms with van der Waals surface area (Å²) in [6.07, 6.45) is 4.76. The van der Waals surface area contributed by atoms with E-state index in [1.54, 1.807) is 6.08 Å². The maximum atomic E-state index is 12.7. The van der Waals surface area contributed by atoms with Gasteiger partial charge in [-0.25, -0.2) is 0 Å². The van der Waals surface area contributed by atoms with Gasteiger partial charge in [0.05, 0.1) is 0 Å². The van der Waals surface area contributed by atoms with E-state index in [1.165, 1.54) is 0 Å². The summed E-state index contributed by atoms with van der Waals surface area (Å²) in [7, 11) is 0. The average molecular weight is 364 g/mol. The molecule has 1 aromatic carbocycles. The molecule has 0 aliphatic heterocycles. The van der Waals surface area contributed by atoms with Crippen molar-refractivity contribution in [2.24, 2.45) is 0 Å². The quantitative estimate of drug-likeness (QED) is 0.534. The number of carbonyl (C=O) groups excluding carboxylic acids is 1. The van der Waals surface area contributed by atoms with Crippen LogP contribution in [-0.2, 0) is 17.8 Å². The number of nitrogens with zero attached hydrogens (tertiary/aromatic N) is 2. The lowest BCUT2D eigenvalue weighted by Gasteiger charge is -2.12. The van der Waals surface area contributed by atoms with Crippen molar-refractivity contribution in [3.8, 4) is 6.07 Å². The minimum absolute atomic E-state index is 0.121. The Morgan fingerprint density at radius 2 is 2.00 bits per heavy atom. The van der Waals surface area contributed by atoms with Crippen LogP contribution in [0.3, 0.4) is 0 Å². The predicted octanol–water partition coefficient (Wildman–Crippen LogP) is 5.32. The molecule has 0 spiro atoms. The van der Waals surface area contributed by atoms with Gasteiger partial charge in [0.25, 0.3) is 5.91 Å². The Labute approximate surface area is 162 Å². The number of hydrogen-bond donors (Lipinski definition) is 1. The van der Waals surface area contributed by atoms with E-state index in [0.717, 1.165) is 59.6 Å². The van der Waals surface area contributed by atoms with Gasteiger partial charge in [-0.2, -0.15) is 5.26 Å².